The molecule has 15 nitrogen and oxygen atoms in total. The monoisotopic (exact) mass is 961 g/mol. The standard InChI is InChI=1S/C48H54F2N5O10PS/c49-48(50,66(62,63)64)33-10-16-39-31(24-33)25-40(67-39)44(59)51-37-7-3-2-6-34-11-15-38(55(34)45(37)60)46(61)54-28-32(27-47(54)19-20-47)30-18-22-53(42(57)26-30)21-4-1-5-23-65-35-12-8-29(9-13-35)36-14-17-41(56)52-43(36)58/h8-10,12-13,16,18,22,24-26,32,34,36-38H,1-7,11,14-15,17,19-21,23,27-28H2,(H,51,59)(H,52,56,58)(H2,62,63,64)/t32-,34-,36?,37-,38-/m0/s1. The number of nitrogens with zero attached hydrogens (tertiary/aromatic N) is 3. The first-order valence-electron chi connectivity index (χ1n) is 23.2. The van der Waals surface area contributed by atoms with Crippen molar-refractivity contribution in [2.24, 2.45) is 0 Å². The number of fused-ring (bicyclic) bond motifs is 2. The molecule has 1 spiro atoms. The van der Waals surface area contributed by atoms with Crippen molar-refractivity contribution in [3.8, 4) is 5.75 Å². The Morgan fingerprint density at radius 3 is 2.42 bits per heavy atom. The Morgan fingerprint density at radius 2 is 1.69 bits per heavy atom. The number of rotatable bonds is 14. The molecule has 5 aliphatic rings. The van der Waals surface area contributed by atoms with Crippen molar-refractivity contribution in [3.05, 3.63) is 98.8 Å². The van der Waals surface area contributed by atoms with E-state index in [2.05, 4.69) is 10.6 Å². The van der Waals surface area contributed by atoms with Gasteiger partial charge in [0.1, 0.15) is 17.8 Å². The minimum Gasteiger partial charge on any atom is -0.494 e. The molecule has 5 atom stereocenters. The van der Waals surface area contributed by atoms with E-state index >= 15 is 0 Å². The number of halogens is 2. The van der Waals surface area contributed by atoms with Crippen molar-refractivity contribution < 1.29 is 51.8 Å². The maximum Gasteiger partial charge on any atom is 0.399 e. The number of ether oxygens (including phenoxy) is 1. The van der Waals surface area contributed by atoms with Gasteiger partial charge in [0.05, 0.1) is 17.4 Å². The van der Waals surface area contributed by atoms with Crippen LogP contribution in [0.2, 0.25) is 0 Å². The van der Waals surface area contributed by atoms with E-state index in [-0.39, 0.29) is 62.9 Å². The molecule has 1 aliphatic carbocycles. The number of unbranched alkanes of at least 4 members (excludes halogenated alkanes) is 2. The molecule has 6 heterocycles. The van der Waals surface area contributed by atoms with Gasteiger partial charge >= 0.3 is 13.3 Å². The number of aryl methyl sites for hydroxylation is 1. The lowest BCUT2D eigenvalue weighted by Gasteiger charge is -2.37. The van der Waals surface area contributed by atoms with Crippen LogP contribution in [0.5, 0.6) is 5.75 Å². The van der Waals surface area contributed by atoms with Crippen LogP contribution in [0.15, 0.2) is 71.7 Å². The quantitative estimate of drug-likeness (QED) is 0.0603. The van der Waals surface area contributed by atoms with Gasteiger partial charge in [-0.05, 0) is 124 Å². The number of imide groups is 1. The number of thiophene rings is 1. The van der Waals surface area contributed by atoms with E-state index in [0.29, 0.717) is 68.7 Å². The summed E-state index contributed by atoms with van der Waals surface area (Å²) in [7, 11) is -5.79. The Bertz CT molecular complexity index is 2700. The Labute approximate surface area is 389 Å². The predicted octanol–water partition coefficient (Wildman–Crippen LogP) is 6.64. The van der Waals surface area contributed by atoms with Gasteiger partial charge in [0.2, 0.25) is 23.6 Å². The Balaban J connectivity index is 0.783. The van der Waals surface area contributed by atoms with E-state index in [1.807, 2.05) is 41.4 Å². The fourth-order valence-corrected chi connectivity index (χ4v) is 12.0. The normalized spacial score (nSPS) is 24.1. The highest BCUT2D eigenvalue weighted by Gasteiger charge is 2.58. The molecule has 0 radical (unpaired) electrons. The maximum atomic E-state index is 14.6. The topological polar surface area (TPSA) is 205 Å². The van der Waals surface area contributed by atoms with Crippen LogP contribution in [-0.4, -0.2) is 90.5 Å². The minimum absolute atomic E-state index is 0.0308. The van der Waals surface area contributed by atoms with Crippen LogP contribution in [0.25, 0.3) is 10.1 Å². The molecule has 4 N–H and O–H groups in total. The van der Waals surface area contributed by atoms with Gasteiger partial charge in [-0.1, -0.05) is 31.0 Å². The number of pyridine rings is 1. The zero-order chi connectivity index (χ0) is 47.3. The number of hydrogen-bond acceptors (Lipinski definition) is 9. The summed E-state index contributed by atoms with van der Waals surface area (Å²) >= 11 is 1.01. The average molecular weight is 962 g/mol. The molecule has 67 heavy (non-hydrogen) atoms. The van der Waals surface area contributed by atoms with E-state index in [1.54, 1.807) is 15.5 Å². The number of aromatic nitrogens is 1. The van der Waals surface area contributed by atoms with Crippen LogP contribution in [-0.2, 0) is 36.0 Å². The number of alkyl halides is 2. The van der Waals surface area contributed by atoms with Crippen LogP contribution in [0, 0.1) is 0 Å². The lowest BCUT2D eigenvalue weighted by Crippen LogP contribution is -2.57. The largest absolute Gasteiger partial charge is 0.494 e. The minimum atomic E-state index is -5.79. The molecule has 4 saturated heterocycles. The third-order valence-corrected chi connectivity index (χ3v) is 16.5. The molecule has 2 aromatic heterocycles. The van der Waals surface area contributed by atoms with Gasteiger partial charge in [-0.15, -0.1) is 11.3 Å². The van der Waals surface area contributed by atoms with E-state index < -0.39 is 36.8 Å². The average Bonchev–Trinajstić information content (AvgIpc) is 3.57. The van der Waals surface area contributed by atoms with Crippen molar-refractivity contribution >= 4 is 58.6 Å². The SMILES string of the molecule is O=C1CCC(c2ccc(OCCCCCn3ccc([C@@H]4CN(C(=O)[C@@H]5CC[C@@H]6CCCC[C@H](NC(=O)c7cc8cc(C(F)(F)P(=O)(O)O)ccc8s7)C(=O)N65)C5(CC5)C4)cc3=O)cc2)C(=O)N1. The maximum absolute atomic E-state index is 14.6. The van der Waals surface area contributed by atoms with Crippen LogP contribution < -0.4 is 20.9 Å². The number of likely N-dealkylation sites (tertiary alicyclic amines) is 1. The third-order valence-electron chi connectivity index (χ3n) is 14.4. The molecular formula is C48H54F2N5O10PS. The first kappa shape index (κ1) is 46.8. The van der Waals surface area contributed by atoms with Crippen molar-refractivity contribution in [2.75, 3.05) is 13.2 Å². The second-order valence-electron chi connectivity index (χ2n) is 18.8. The number of amides is 5. The predicted molar refractivity (Wildman–Crippen MR) is 244 cm³/mol. The van der Waals surface area contributed by atoms with Crippen LogP contribution >= 0.6 is 18.9 Å². The summed E-state index contributed by atoms with van der Waals surface area (Å²) in [4.78, 5) is 102. The number of hydrogen-bond donors (Lipinski definition) is 4. The molecule has 4 aliphatic heterocycles. The number of carbonyl (C=O) groups is 5. The fourth-order valence-electron chi connectivity index (χ4n) is 10.6. The molecule has 4 aromatic rings. The molecule has 1 unspecified atom stereocenters. The smallest absolute Gasteiger partial charge is 0.399 e. The molecule has 9 rings (SSSR count). The lowest BCUT2D eigenvalue weighted by molar-refractivity contribution is -0.148. The molecule has 2 aromatic carbocycles. The zero-order valence-electron chi connectivity index (χ0n) is 36.9. The molecule has 19 heteroatoms. The Hall–Kier alpha value is -5.29. The number of nitrogens with one attached hydrogen (secondary N) is 2. The Kier molecular flexibility index (Phi) is 13.0. The summed E-state index contributed by atoms with van der Waals surface area (Å²) in [6.07, 6.45) is 11.3. The zero-order valence-corrected chi connectivity index (χ0v) is 38.6. The van der Waals surface area contributed by atoms with E-state index in [0.717, 1.165) is 86.0 Å². The molecule has 5 fully saturated rings. The summed E-state index contributed by atoms with van der Waals surface area (Å²) in [5.41, 5.74) is -3.95. The summed E-state index contributed by atoms with van der Waals surface area (Å²) < 4.78 is 48.4. The van der Waals surface area contributed by atoms with Gasteiger partial charge in [0.15, 0.2) is 0 Å². The first-order chi connectivity index (χ1) is 32.0. The molecule has 5 amide bonds. The van der Waals surface area contributed by atoms with Crippen molar-refractivity contribution in [1.29, 1.82) is 0 Å². The van der Waals surface area contributed by atoms with E-state index in [1.165, 1.54) is 12.1 Å². The van der Waals surface area contributed by atoms with Crippen molar-refractivity contribution in [1.82, 2.24) is 25.0 Å². The van der Waals surface area contributed by atoms with Gasteiger partial charge in [-0.2, -0.15) is 8.78 Å². The highest BCUT2D eigenvalue weighted by Crippen LogP contribution is 2.59. The van der Waals surface area contributed by atoms with Gasteiger partial charge in [-0.25, -0.2) is 0 Å². The summed E-state index contributed by atoms with van der Waals surface area (Å²) in [5.74, 6) is -1.19. The van der Waals surface area contributed by atoms with Gasteiger partial charge in [-0.3, -0.25) is 38.6 Å². The van der Waals surface area contributed by atoms with Gasteiger partial charge in [0.25, 0.3) is 11.5 Å². The molecule has 1 saturated carbocycles. The number of piperidine rings is 1. The van der Waals surface area contributed by atoms with Gasteiger partial charge in [0, 0.05) is 59.5 Å². The summed E-state index contributed by atoms with van der Waals surface area (Å²) in [5, 5.41) is 5.46. The second-order valence-corrected chi connectivity index (χ2v) is 21.5. The van der Waals surface area contributed by atoms with Crippen molar-refractivity contribution in [2.45, 2.75) is 138 Å². The first-order valence-corrected chi connectivity index (χ1v) is 25.6. The van der Waals surface area contributed by atoms with Crippen LogP contribution in [0.3, 0.4) is 0 Å². The van der Waals surface area contributed by atoms with Crippen LogP contribution in [0.4, 0.5) is 8.78 Å². The molecule has 0 bridgehead atoms. The van der Waals surface area contributed by atoms with E-state index in [9.17, 15) is 51.9 Å². The third kappa shape index (κ3) is 9.59. The Morgan fingerprint density at radius 1 is 0.910 bits per heavy atom. The van der Waals surface area contributed by atoms with E-state index in [4.69, 9.17) is 4.74 Å². The van der Waals surface area contributed by atoms with Crippen LogP contribution in [0.1, 0.15) is 128 Å². The van der Waals surface area contributed by atoms with Gasteiger partial charge < -0.3 is 34.2 Å². The molecule has 356 valence electrons. The summed E-state index contributed by atoms with van der Waals surface area (Å²) in [6, 6.07) is 13.8. The fraction of sp³-hybridized carbons (Fsp3) is 0.500. The summed E-state index contributed by atoms with van der Waals surface area (Å²) in [6.45, 7) is 1.51. The highest BCUT2D eigenvalue weighted by molar-refractivity contribution is 7.52. The highest BCUT2D eigenvalue weighted by atomic mass is 32.1. The second kappa shape index (κ2) is 18.7. The van der Waals surface area contributed by atoms with Crippen molar-refractivity contribution in [3.63, 3.8) is 0 Å². The lowest BCUT2D eigenvalue weighted by atomic mass is 9.90. The number of carbonyl (C=O) groups excluding carboxylic acids is 5. The molecular weight excluding hydrogens is 908 g/mol. The number of benzene rings is 2.